The number of rotatable bonds is 8. The monoisotopic (exact) mass is 437 g/mol. The topological polar surface area (TPSA) is 73.3 Å². The number of aryl methyl sites for hydroxylation is 1. The molecule has 1 aromatic carbocycles. The lowest BCUT2D eigenvalue weighted by Crippen LogP contribution is -2.02. The number of nitrogens with zero attached hydrogens (tertiary/aromatic N) is 2. The van der Waals surface area contributed by atoms with Gasteiger partial charge in [0.25, 0.3) is 0 Å². The first-order valence-electron chi connectivity index (χ1n) is 8.47. The first-order valence-corrected chi connectivity index (χ1v) is 10.3. The van der Waals surface area contributed by atoms with Gasteiger partial charge in [-0.15, -0.1) is 23.1 Å². The third-order valence-electron chi connectivity index (χ3n) is 3.61. The van der Waals surface area contributed by atoms with E-state index in [1.807, 2.05) is 12.3 Å². The van der Waals surface area contributed by atoms with Gasteiger partial charge < -0.3 is 14.8 Å². The lowest BCUT2D eigenvalue weighted by molar-refractivity contribution is -0.140. The number of nitrogens with one attached hydrogen (secondary N) is 1. The first kappa shape index (κ1) is 21.0. The van der Waals surface area contributed by atoms with Crippen LogP contribution in [0.4, 0.5) is 19.7 Å². The quantitative estimate of drug-likeness (QED) is 0.378. The Labute approximate surface area is 174 Å². The van der Waals surface area contributed by atoms with Crippen LogP contribution in [0, 0.1) is 18.6 Å². The van der Waals surface area contributed by atoms with Crippen LogP contribution in [-0.4, -0.2) is 28.8 Å². The fourth-order valence-corrected chi connectivity index (χ4v) is 3.79. The Morgan fingerprint density at radius 3 is 2.72 bits per heavy atom. The average Bonchev–Trinajstić information content (AvgIpc) is 3.10. The van der Waals surface area contributed by atoms with Gasteiger partial charge in [-0.3, -0.25) is 4.79 Å². The van der Waals surface area contributed by atoms with Gasteiger partial charge in [-0.05, 0) is 19.1 Å². The van der Waals surface area contributed by atoms with Crippen molar-refractivity contribution in [1.29, 1.82) is 0 Å². The van der Waals surface area contributed by atoms with E-state index in [2.05, 4.69) is 20.0 Å². The Morgan fingerprint density at radius 2 is 2.07 bits per heavy atom. The number of hydrogen-bond acceptors (Lipinski definition) is 8. The van der Waals surface area contributed by atoms with Gasteiger partial charge in [-0.25, -0.2) is 18.7 Å². The number of methoxy groups -OCH3 is 1. The minimum atomic E-state index is -0.822. The SMILES string of the molecule is COC(=O)CCSc1cnc(Nc2nc(C)cs2)cc1Oc1c(F)cccc1F. The van der Waals surface area contributed by atoms with Gasteiger partial charge in [-0.1, -0.05) is 6.07 Å². The number of thioether (sulfide) groups is 1. The maximum Gasteiger partial charge on any atom is 0.306 e. The molecule has 0 aliphatic carbocycles. The van der Waals surface area contributed by atoms with Crippen LogP contribution in [0.25, 0.3) is 0 Å². The van der Waals surface area contributed by atoms with E-state index in [0.29, 0.717) is 21.6 Å². The summed E-state index contributed by atoms with van der Waals surface area (Å²) in [6.07, 6.45) is 1.69. The summed E-state index contributed by atoms with van der Waals surface area (Å²) in [7, 11) is 1.31. The number of ether oxygens (including phenoxy) is 2. The molecule has 2 aromatic heterocycles. The Hall–Kier alpha value is -2.72. The second-order valence-corrected chi connectivity index (χ2v) is 7.76. The molecule has 2 heterocycles. The maximum atomic E-state index is 14.0. The second-order valence-electron chi connectivity index (χ2n) is 5.76. The average molecular weight is 437 g/mol. The third kappa shape index (κ3) is 5.64. The second kappa shape index (κ2) is 9.66. The molecule has 0 bridgehead atoms. The molecule has 0 radical (unpaired) electrons. The zero-order chi connectivity index (χ0) is 20.8. The molecule has 1 N–H and O–H groups in total. The van der Waals surface area contributed by atoms with E-state index < -0.39 is 17.4 Å². The molecule has 3 aromatic rings. The number of halogens is 2. The molecule has 152 valence electrons. The number of para-hydroxylation sites is 1. The summed E-state index contributed by atoms with van der Waals surface area (Å²) in [5.41, 5.74) is 0.859. The van der Waals surface area contributed by atoms with Crippen LogP contribution in [0.1, 0.15) is 12.1 Å². The van der Waals surface area contributed by atoms with Crippen molar-refractivity contribution in [3.63, 3.8) is 0 Å². The molecule has 0 unspecified atom stereocenters. The molecule has 6 nitrogen and oxygen atoms in total. The summed E-state index contributed by atoms with van der Waals surface area (Å²) in [5.74, 6) is -1.51. The van der Waals surface area contributed by atoms with Crippen LogP contribution in [0.15, 0.2) is 40.7 Å². The van der Waals surface area contributed by atoms with Crippen LogP contribution in [-0.2, 0) is 9.53 Å². The number of esters is 1. The Bertz CT molecular complexity index is 994. The van der Waals surface area contributed by atoms with Crippen LogP contribution >= 0.6 is 23.1 Å². The summed E-state index contributed by atoms with van der Waals surface area (Å²) in [6, 6.07) is 5.01. The first-order chi connectivity index (χ1) is 14.0. The summed E-state index contributed by atoms with van der Waals surface area (Å²) < 4.78 is 38.3. The van der Waals surface area contributed by atoms with E-state index >= 15 is 0 Å². The predicted octanol–water partition coefficient (Wildman–Crippen LogP) is 5.32. The highest BCUT2D eigenvalue weighted by Crippen LogP contribution is 2.37. The summed E-state index contributed by atoms with van der Waals surface area (Å²) >= 11 is 2.67. The molecule has 0 fully saturated rings. The van der Waals surface area contributed by atoms with Crippen molar-refractivity contribution < 1.29 is 23.0 Å². The molecule has 0 saturated heterocycles. The van der Waals surface area contributed by atoms with Crippen molar-refractivity contribution >= 4 is 40.0 Å². The van der Waals surface area contributed by atoms with Crippen molar-refractivity contribution in [2.75, 3.05) is 18.2 Å². The number of benzene rings is 1. The fourth-order valence-electron chi connectivity index (χ4n) is 2.24. The van der Waals surface area contributed by atoms with Crippen molar-refractivity contribution in [2.45, 2.75) is 18.2 Å². The van der Waals surface area contributed by atoms with Gasteiger partial charge in [0, 0.05) is 23.4 Å². The van der Waals surface area contributed by atoms with Gasteiger partial charge in [0.05, 0.1) is 24.1 Å². The van der Waals surface area contributed by atoms with E-state index in [1.54, 1.807) is 0 Å². The minimum absolute atomic E-state index is 0.174. The van der Waals surface area contributed by atoms with Crippen molar-refractivity contribution in [3.05, 3.63) is 53.2 Å². The lowest BCUT2D eigenvalue weighted by atomic mass is 10.3. The molecule has 0 spiro atoms. The highest BCUT2D eigenvalue weighted by Gasteiger charge is 2.16. The number of carbonyl (C=O) groups excluding carboxylic acids is 1. The molecule has 10 heteroatoms. The highest BCUT2D eigenvalue weighted by atomic mass is 32.2. The summed E-state index contributed by atoms with van der Waals surface area (Å²) in [6.45, 7) is 1.87. The molecule has 0 amide bonds. The van der Waals surface area contributed by atoms with Gasteiger partial charge >= 0.3 is 5.97 Å². The van der Waals surface area contributed by atoms with Gasteiger partial charge in [-0.2, -0.15) is 0 Å². The van der Waals surface area contributed by atoms with Crippen LogP contribution in [0.2, 0.25) is 0 Å². The van der Waals surface area contributed by atoms with E-state index in [9.17, 15) is 13.6 Å². The molecular formula is C19H17F2N3O3S2. The van der Waals surface area contributed by atoms with E-state index in [0.717, 1.165) is 17.8 Å². The molecule has 3 rings (SSSR count). The molecule has 29 heavy (non-hydrogen) atoms. The third-order valence-corrected chi connectivity index (χ3v) is 5.51. The van der Waals surface area contributed by atoms with E-state index in [4.69, 9.17) is 4.74 Å². The zero-order valence-corrected chi connectivity index (χ0v) is 17.2. The summed E-state index contributed by atoms with van der Waals surface area (Å²) in [5, 5.41) is 5.55. The molecule has 0 aliphatic rings. The van der Waals surface area contributed by atoms with Crippen LogP contribution in [0.3, 0.4) is 0 Å². The van der Waals surface area contributed by atoms with Crippen LogP contribution < -0.4 is 10.1 Å². The Balaban J connectivity index is 1.87. The van der Waals surface area contributed by atoms with Gasteiger partial charge in [0.2, 0.25) is 0 Å². The Kier molecular flexibility index (Phi) is 6.99. The Morgan fingerprint density at radius 1 is 1.31 bits per heavy atom. The number of carbonyl (C=O) groups is 1. The zero-order valence-electron chi connectivity index (χ0n) is 15.6. The van der Waals surface area contributed by atoms with Crippen LogP contribution in [0.5, 0.6) is 11.5 Å². The molecule has 0 saturated carbocycles. The number of aromatic nitrogens is 2. The molecular weight excluding hydrogens is 420 g/mol. The normalized spacial score (nSPS) is 10.6. The number of hydrogen-bond donors (Lipinski definition) is 1. The predicted molar refractivity (Wildman–Crippen MR) is 108 cm³/mol. The number of pyridine rings is 1. The summed E-state index contributed by atoms with van der Waals surface area (Å²) in [4.78, 5) is 20.5. The van der Waals surface area contributed by atoms with Crippen molar-refractivity contribution in [1.82, 2.24) is 9.97 Å². The maximum absolute atomic E-state index is 14.0. The minimum Gasteiger partial charge on any atom is -0.469 e. The smallest absolute Gasteiger partial charge is 0.306 e. The largest absolute Gasteiger partial charge is 0.469 e. The lowest BCUT2D eigenvalue weighted by Gasteiger charge is -2.13. The number of thiazole rings is 1. The van der Waals surface area contributed by atoms with Gasteiger partial charge in [0.15, 0.2) is 22.5 Å². The number of anilines is 2. The van der Waals surface area contributed by atoms with Gasteiger partial charge in [0.1, 0.15) is 11.6 Å². The van der Waals surface area contributed by atoms with E-state index in [1.165, 1.54) is 48.5 Å². The standard InChI is InChI=1S/C19H17F2N3O3S2/c1-11-10-29-19(23-11)24-16-8-14(27-18-12(20)4-3-5-13(18)21)15(9-22-16)28-7-6-17(25)26-2/h3-5,8-10H,6-7H2,1-2H3,(H,22,23,24). The fraction of sp³-hybridized carbons (Fsp3) is 0.211. The highest BCUT2D eigenvalue weighted by molar-refractivity contribution is 7.99. The van der Waals surface area contributed by atoms with Crippen molar-refractivity contribution in [3.8, 4) is 11.5 Å². The van der Waals surface area contributed by atoms with Crippen molar-refractivity contribution in [2.24, 2.45) is 0 Å². The van der Waals surface area contributed by atoms with E-state index in [-0.39, 0.29) is 18.1 Å². The molecule has 0 atom stereocenters. The molecule has 0 aliphatic heterocycles.